The molecule has 31 heavy (non-hydrogen) atoms. The van der Waals surface area contributed by atoms with E-state index >= 15 is 0 Å². The van der Waals surface area contributed by atoms with Gasteiger partial charge in [-0.05, 0) is 80.4 Å². The predicted molar refractivity (Wildman–Crippen MR) is 130 cm³/mol. The third-order valence-corrected chi connectivity index (χ3v) is 7.04. The van der Waals surface area contributed by atoms with Crippen LogP contribution in [0.3, 0.4) is 0 Å². The molecular formula is C26H34N4S. The minimum absolute atomic E-state index is 0.774. The lowest BCUT2D eigenvalue weighted by Crippen LogP contribution is -2.38. The fourth-order valence-corrected chi connectivity index (χ4v) is 5.14. The molecular weight excluding hydrogens is 400 g/mol. The van der Waals surface area contributed by atoms with Crippen molar-refractivity contribution in [2.75, 3.05) is 26.2 Å². The maximum absolute atomic E-state index is 4.87. The Labute approximate surface area is 190 Å². The number of benzene rings is 1. The number of thiophene rings is 1. The van der Waals surface area contributed by atoms with Crippen LogP contribution in [0.2, 0.25) is 0 Å². The molecule has 0 saturated carbocycles. The van der Waals surface area contributed by atoms with Crippen LogP contribution in [0.25, 0.3) is 11.3 Å². The van der Waals surface area contributed by atoms with Crippen LogP contribution < -0.4 is 5.32 Å². The first-order valence-corrected chi connectivity index (χ1v) is 12.5. The van der Waals surface area contributed by atoms with E-state index in [1.165, 1.54) is 41.9 Å². The van der Waals surface area contributed by atoms with Crippen LogP contribution in [0.4, 0.5) is 0 Å². The summed E-state index contributed by atoms with van der Waals surface area (Å²) in [5.74, 6) is 1.72. The molecule has 3 aromatic rings. The quantitative estimate of drug-likeness (QED) is 0.476. The smallest absolute Gasteiger partial charge is 0.128 e. The molecule has 5 heteroatoms. The summed E-state index contributed by atoms with van der Waals surface area (Å²) >= 11 is 1.83. The zero-order valence-corrected chi connectivity index (χ0v) is 19.4. The standard InChI is InChI=1S/C26H34N4S/c1-2-30(20-22-8-5-14-27-18-22)19-21-7-3-9-23(17-21)25-13-15-28-26(29-25)12-4-10-24-11-6-16-31-24/h3,6-7,9,11,13,15-17,22,27H,2,4-5,8,10,12,14,18-20H2,1H3/t22-/m0/s1. The summed E-state index contributed by atoms with van der Waals surface area (Å²) in [4.78, 5) is 13.4. The van der Waals surface area contributed by atoms with Gasteiger partial charge in [0.15, 0.2) is 0 Å². The third kappa shape index (κ3) is 6.70. The van der Waals surface area contributed by atoms with Gasteiger partial charge >= 0.3 is 0 Å². The van der Waals surface area contributed by atoms with E-state index in [-0.39, 0.29) is 0 Å². The van der Waals surface area contributed by atoms with E-state index in [9.17, 15) is 0 Å². The molecule has 1 fully saturated rings. The molecule has 1 saturated heterocycles. The lowest BCUT2D eigenvalue weighted by molar-refractivity contribution is 0.210. The van der Waals surface area contributed by atoms with E-state index < -0.39 is 0 Å². The van der Waals surface area contributed by atoms with Crippen molar-refractivity contribution in [3.63, 3.8) is 0 Å². The van der Waals surface area contributed by atoms with Crippen molar-refractivity contribution in [2.24, 2.45) is 5.92 Å². The van der Waals surface area contributed by atoms with Gasteiger partial charge in [0.2, 0.25) is 0 Å². The summed E-state index contributed by atoms with van der Waals surface area (Å²) in [5, 5.41) is 5.69. The molecule has 0 unspecified atom stereocenters. The van der Waals surface area contributed by atoms with Crippen molar-refractivity contribution in [1.82, 2.24) is 20.2 Å². The second kappa shape index (κ2) is 11.5. The van der Waals surface area contributed by atoms with Crippen molar-refractivity contribution in [3.8, 4) is 11.3 Å². The molecule has 1 atom stereocenters. The lowest BCUT2D eigenvalue weighted by atomic mass is 9.98. The molecule has 1 N–H and O–H groups in total. The van der Waals surface area contributed by atoms with Gasteiger partial charge in [0.25, 0.3) is 0 Å². The van der Waals surface area contributed by atoms with Gasteiger partial charge < -0.3 is 5.32 Å². The largest absolute Gasteiger partial charge is 0.316 e. The summed E-state index contributed by atoms with van der Waals surface area (Å²) in [6, 6.07) is 15.2. The first kappa shape index (κ1) is 22.1. The van der Waals surface area contributed by atoms with Crippen LogP contribution in [0.1, 0.15) is 42.5 Å². The van der Waals surface area contributed by atoms with E-state index in [0.717, 1.165) is 56.3 Å². The first-order valence-electron chi connectivity index (χ1n) is 11.7. The molecule has 3 heterocycles. The highest BCUT2D eigenvalue weighted by atomic mass is 32.1. The number of aryl methyl sites for hydroxylation is 2. The van der Waals surface area contributed by atoms with Crippen molar-refractivity contribution < 1.29 is 0 Å². The van der Waals surface area contributed by atoms with E-state index in [4.69, 9.17) is 4.98 Å². The first-order chi connectivity index (χ1) is 15.3. The van der Waals surface area contributed by atoms with Gasteiger partial charge in [-0.1, -0.05) is 31.2 Å². The van der Waals surface area contributed by atoms with E-state index in [0.29, 0.717) is 0 Å². The Balaban J connectivity index is 1.37. The van der Waals surface area contributed by atoms with Gasteiger partial charge in [-0.2, -0.15) is 0 Å². The number of nitrogens with one attached hydrogen (secondary N) is 1. The van der Waals surface area contributed by atoms with Crippen molar-refractivity contribution >= 4 is 11.3 Å². The van der Waals surface area contributed by atoms with Crippen LogP contribution in [0, 0.1) is 5.92 Å². The van der Waals surface area contributed by atoms with Gasteiger partial charge in [0, 0.05) is 36.1 Å². The molecule has 0 spiro atoms. The normalized spacial score (nSPS) is 16.6. The number of hydrogen-bond donors (Lipinski definition) is 1. The van der Waals surface area contributed by atoms with Gasteiger partial charge in [-0.3, -0.25) is 4.90 Å². The average molecular weight is 435 g/mol. The molecule has 0 bridgehead atoms. The minimum Gasteiger partial charge on any atom is -0.316 e. The van der Waals surface area contributed by atoms with Gasteiger partial charge in [0.05, 0.1) is 5.69 Å². The highest BCUT2D eigenvalue weighted by molar-refractivity contribution is 7.09. The molecule has 1 aliphatic heterocycles. The molecule has 0 aliphatic carbocycles. The average Bonchev–Trinajstić information content (AvgIpc) is 3.33. The number of piperidine rings is 1. The number of nitrogens with zero attached hydrogens (tertiary/aromatic N) is 3. The zero-order chi connectivity index (χ0) is 21.3. The summed E-state index contributed by atoms with van der Waals surface area (Å²) < 4.78 is 0. The monoisotopic (exact) mass is 434 g/mol. The summed E-state index contributed by atoms with van der Waals surface area (Å²) in [5.41, 5.74) is 3.58. The maximum Gasteiger partial charge on any atom is 0.128 e. The van der Waals surface area contributed by atoms with Crippen LogP contribution in [0.5, 0.6) is 0 Å². The Bertz CT molecular complexity index is 919. The molecule has 164 valence electrons. The number of rotatable bonds is 10. The molecule has 2 aromatic heterocycles. The van der Waals surface area contributed by atoms with Gasteiger partial charge in [-0.15, -0.1) is 11.3 Å². The molecule has 4 nitrogen and oxygen atoms in total. The van der Waals surface area contributed by atoms with Crippen molar-refractivity contribution in [3.05, 3.63) is 70.3 Å². The van der Waals surface area contributed by atoms with Crippen molar-refractivity contribution in [1.29, 1.82) is 0 Å². The highest BCUT2D eigenvalue weighted by Gasteiger charge is 2.16. The fraction of sp³-hybridized carbons (Fsp3) is 0.462. The summed E-state index contributed by atoms with van der Waals surface area (Å²) in [6.45, 7) is 7.87. The second-order valence-corrected chi connectivity index (χ2v) is 9.56. The SMILES string of the molecule is CCN(Cc1cccc(-c2ccnc(CCCc3cccs3)n2)c1)C[C@H]1CCCNC1. The Morgan fingerprint density at radius 3 is 2.94 bits per heavy atom. The zero-order valence-electron chi connectivity index (χ0n) is 18.6. The predicted octanol–water partition coefficient (Wildman–Crippen LogP) is 5.20. The van der Waals surface area contributed by atoms with Crippen LogP contribution in [-0.4, -0.2) is 41.0 Å². The van der Waals surface area contributed by atoms with Crippen LogP contribution >= 0.6 is 11.3 Å². The fourth-order valence-electron chi connectivity index (χ4n) is 4.39. The Morgan fingerprint density at radius 2 is 2.13 bits per heavy atom. The van der Waals surface area contributed by atoms with E-state index in [1.54, 1.807) is 0 Å². The van der Waals surface area contributed by atoms with Crippen LogP contribution in [0.15, 0.2) is 54.0 Å². The van der Waals surface area contributed by atoms with E-state index in [1.807, 2.05) is 23.6 Å². The highest BCUT2D eigenvalue weighted by Crippen LogP contribution is 2.21. The topological polar surface area (TPSA) is 41.1 Å². The van der Waals surface area contributed by atoms with Crippen molar-refractivity contribution in [2.45, 2.75) is 45.6 Å². The summed E-state index contributed by atoms with van der Waals surface area (Å²) in [7, 11) is 0. The molecule has 1 aromatic carbocycles. The number of aromatic nitrogens is 2. The van der Waals surface area contributed by atoms with Crippen LogP contribution in [-0.2, 0) is 19.4 Å². The Kier molecular flexibility index (Phi) is 8.22. The Morgan fingerprint density at radius 1 is 1.16 bits per heavy atom. The van der Waals surface area contributed by atoms with Gasteiger partial charge in [-0.25, -0.2) is 9.97 Å². The van der Waals surface area contributed by atoms with Gasteiger partial charge in [0.1, 0.15) is 5.82 Å². The molecule has 0 radical (unpaired) electrons. The van der Waals surface area contributed by atoms with E-state index in [2.05, 4.69) is 63.9 Å². The molecule has 1 aliphatic rings. The summed E-state index contributed by atoms with van der Waals surface area (Å²) in [6.07, 6.45) is 7.67. The Hall–Kier alpha value is -2.08. The maximum atomic E-state index is 4.87. The second-order valence-electron chi connectivity index (χ2n) is 8.53. The minimum atomic E-state index is 0.774. The number of hydrogen-bond acceptors (Lipinski definition) is 5. The lowest BCUT2D eigenvalue weighted by Gasteiger charge is -2.29. The third-order valence-electron chi connectivity index (χ3n) is 6.10. The molecule has 0 amide bonds. The molecule has 4 rings (SSSR count).